The molecule has 2 heterocycles. The third-order valence-electron chi connectivity index (χ3n) is 5.08. The number of aryl methyl sites for hydroxylation is 1. The molecule has 1 amide bonds. The van der Waals surface area contributed by atoms with Crippen LogP contribution in [-0.2, 0) is 11.3 Å². The lowest BCUT2D eigenvalue weighted by Crippen LogP contribution is -2.48. The first kappa shape index (κ1) is 15.4. The summed E-state index contributed by atoms with van der Waals surface area (Å²) < 4.78 is 5.12. The van der Waals surface area contributed by atoms with Crippen LogP contribution in [0.4, 0.5) is 0 Å². The van der Waals surface area contributed by atoms with Crippen molar-refractivity contribution in [3.8, 4) is 0 Å². The highest BCUT2D eigenvalue weighted by Crippen LogP contribution is 2.48. The summed E-state index contributed by atoms with van der Waals surface area (Å²) in [5.41, 5.74) is 2.27. The lowest BCUT2D eigenvalue weighted by Gasteiger charge is -2.34. The molecule has 5 heteroatoms. The van der Waals surface area contributed by atoms with Crippen LogP contribution in [0.1, 0.15) is 29.4 Å². The zero-order valence-corrected chi connectivity index (χ0v) is 14.0. The van der Waals surface area contributed by atoms with Crippen LogP contribution in [-0.4, -0.2) is 47.0 Å². The maximum absolute atomic E-state index is 12.7. The van der Waals surface area contributed by atoms with Crippen molar-refractivity contribution in [3.63, 3.8) is 0 Å². The third kappa shape index (κ3) is 3.22. The van der Waals surface area contributed by atoms with Gasteiger partial charge in [-0.2, -0.15) is 0 Å². The lowest BCUT2D eigenvalue weighted by atomic mass is 10.1. The van der Waals surface area contributed by atoms with Gasteiger partial charge in [-0.1, -0.05) is 35.5 Å². The summed E-state index contributed by atoms with van der Waals surface area (Å²) in [7, 11) is 0. The third-order valence-corrected chi connectivity index (χ3v) is 5.08. The van der Waals surface area contributed by atoms with E-state index in [2.05, 4.69) is 34.3 Å². The van der Waals surface area contributed by atoms with Crippen molar-refractivity contribution in [3.05, 3.63) is 53.4 Å². The summed E-state index contributed by atoms with van der Waals surface area (Å²) in [5, 5.41) is 4.05. The van der Waals surface area contributed by atoms with Crippen molar-refractivity contribution in [1.82, 2.24) is 15.0 Å². The molecule has 24 heavy (non-hydrogen) atoms. The van der Waals surface area contributed by atoms with Crippen molar-refractivity contribution >= 4 is 5.91 Å². The minimum absolute atomic E-state index is 0.192. The number of piperazine rings is 1. The van der Waals surface area contributed by atoms with Gasteiger partial charge in [0.05, 0.1) is 5.69 Å². The monoisotopic (exact) mass is 325 g/mol. The average Bonchev–Trinajstić information content (AvgIpc) is 3.32. The molecular formula is C19H23N3O2. The summed E-state index contributed by atoms with van der Waals surface area (Å²) in [6.45, 7) is 6.14. The zero-order chi connectivity index (χ0) is 16.5. The normalized spacial score (nSPS) is 24.1. The van der Waals surface area contributed by atoms with Gasteiger partial charge in [0.2, 0.25) is 5.91 Å². The highest BCUT2D eigenvalue weighted by atomic mass is 16.5. The zero-order valence-electron chi connectivity index (χ0n) is 14.0. The van der Waals surface area contributed by atoms with Crippen molar-refractivity contribution in [1.29, 1.82) is 0 Å². The van der Waals surface area contributed by atoms with Crippen LogP contribution in [0, 0.1) is 12.8 Å². The van der Waals surface area contributed by atoms with Gasteiger partial charge in [-0.3, -0.25) is 9.69 Å². The Labute approximate surface area is 142 Å². The maximum atomic E-state index is 12.7. The number of hydrogen-bond donors (Lipinski definition) is 0. The molecule has 4 rings (SSSR count). The summed E-state index contributed by atoms with van der Waals surface area (Å²) in [5.74, 6) is 1.80. The molecule has 1 aliphatic carbocycles. The topological polar surface area (TPSA) is 49.6 Å². The van der Waals surface area contributed by atoms with Crippen molar-refractivity contribution in [2.24, 2.45) is 5.92 Å². The number of amides is 1. The molecule has 1 saturated carbocycles. The lowest BCUT2D eigenvalue weighted by molar-refractivity contribution is -0.134. The van der Waals surface area contributed by atoms with Crippen LogP contribution in [0.25, 0.3) is 0 Å². The predicted octanol–water partition coefficient (Wildman–Crippen LogP) is 2.43. The van der Waals surface area contributed by atoms with E-state index in [0.29, 0.717) is 11.8 Å². The van der Waals surface area contributed by atoms with Gasteiger partial charge in [-0.25, -0.2) is 0 Å². The first-order valence-electron chi connectivity index (χ1n) is 8.69. The Kier molecular flexibility index (Phi) is 4.10. The van der Waals surface area contributed by atoms with E-state index in [9.17, 15) is 4.79 Å². The van der Waals surface area contributed by atoms with E-state index in [1.807, 2.05) is 24.0 Å². The van der Waals surface area contributed by atoms with Crippen LogP contribution in [0.15, 0.2) is 40.9 Å². The van der Waals surface area contributed by atoms with Crippen LogP contribution >= 0.6 is 0 Å². The van der Waals surface area contributed by atoms with Crippen molar-refractivity contribution < 1.29 is 9.32 Å². The largest absolute Gasteiger partial charge is 0.361 e. The summed E-state index contributed by atoms with van der Waals surface area (Å²) >= 11 is 0. The molecule has 0 N–H and O–H groups in total. The second-order valence-corrected chi connectivity index (χ2v) is 6.89. The molecule has 5 nitrogen and oxygen atoms in total. The van der Waals surface area contributed by atoms with Gasteiger partial charge in [0.25, 0.3) is 0 Å². The summed E-state index contributed by atoms with van der Waals surface area (Å²) in [6.07, 6.45) is 1.00. The number of hydrogen-bond acceptors (Lipinski definition) is 4. The number of benzene rings is 1. The Morgan fingerprint density at radius 1 is 1.21 bits per heavy atom. The minimum atomic E-state index is 0.192. The highest BCUT2D eigenvalue weighted by molar-refractivity contribution is 5.83. The van der Waals surface area contributed by atoms with E-state index < -0.39 is 0 Å². The quantitative estimate of drug-likeness (QED) is 0.866. The molecule has 1 aliphatic heterocycles. The molecule has 1 aromatic heterocycles. The molecule has 0 spiro atoms. The molecule has 2 aliphatic rings. The predicted molar refractivity (Wildman–Crippen MR) is 90.4 cm³/mol. The average molecular weight is 325 g/mol. The summed E-state index contributed by atoms with van der Waals surface area (Å²) in [6, 6.07) is 12.4. The maximum Gasteiger partial charge on any atom is 0.226 e. The standard InChI is InChI=1S/C19H23N3O2/c1-14-11-16(20-24-14)13-21-7-9-22(10-8-21)19(23)18-12-17(18)15-5-3-2-4-6-15/h2-6,11,17-18H,7-10,12-13H2,1H3/t17-,18+/m0/s1. The van der Waals surface area contributed by atoms with E-state index in [4.69, 9.17) is 4.52 Å². The second-order valence-electron chi connectivity index (χ2n) is 6.89. The molecular weight excluding hydrogens is 302 g/mol. The number of carbonyl (C=O) groups excluding carboxylic acids is 1. The van der Waals surface area contributed by atoms with Gasteiger partial charge >= 0.3 is 0 Å². The molecule has 1 saturated heterocycles. The van der Waals surface area contributed by atoms with Gasteiger partial charge in [0.15, 0.2) is 0 Å². The van der Waals surface area contributed by atoms with E-state index >= 15 is 0 Å². The molecule has 0 bridgehead atoms. The Hall–Kier alpha value is -2.14. The highest BCUT2D eigenvalue weighted by Gasteiger charge is 2.45. The fourth-order valence-electron chi connectivity index (χ4n) is 3.62. The van der Waals surface area contributed by atoms with E-state index in [1.165, 1.54) is 5.56 Å². The van der Waals surface area contributed by atoms with Crippen molar-refractivity contribution in [2.75, 3.05) is 26.2 Å². The molecule has 2 aromatic rings. The molecule has 2 fully saturated rings. The fourth-order valence-corrected chi connectivity index (χ4v) is 3.62. The Morgan fingerprint density at radius 3 is 2.62 bits per heavy atom. The molecule has 126 valence electrons. The van der Waals surface area contributed by atoms with E-state index in [-0.39, 0.29) is 5.92 Å². The first-order chi connectivity index (χ1) is 11.7. The van der Waals surface area contributed by atoms with Gasteiger partial charge in [-0.05, 0) is 24.8 Å². The van der Waals surface area contributed by atoms with E-state index in [1.54, 1.807) is 0 Å². The number of nitrogens with zero attached hydrogens (tertiary/aromatic N) is 3. The van der Waals surface area contributed by atoms with Gasteiger partial charge in [0, 0.05) is 44.7 Å². The van der Waals surface area contributed by atoms with E-state index in [0.717, 1.165) is 50.6 Å². The van der Waals surface area contributed by atoms with Crippen molar-refractivity contribution in [2.45, 2.75) is 25.8 Å². The van der Waals surface area contributed by atoms with Gasteiger partial charge < -0.3 is 9.42 Å². The second kappa shape index (κ2) is 6.40. The van der Waals surface area contributed by atoms with Gasteiger partial charge in [0.1, 0.15) is 5.76 Å². The van der Waals surface area contributed by atoms with Crippen LogP contribution in [0.3, 0.4) is 0 Å². The summed E-state index contributed by atoms with van der Waals surface area (Å²) in [4.78, 5) is 17.1. The molecule has 0 unspecified atom stereocenters. The fraction of sp³-hybridized carbons (Fsp3) is 0.474. The number of rotatable bonds is 4. The number of aromatic nitrogens is 1. The Morgan fingerprint density at radius 2 is 1.96 bits per heavy atom. The molecule has 0 radical (unpaired) electrons. The van der Waals surface area contributed by atoms with Crippen LogP contribution in [0.5, 0.6) is 0 Å². The molecule has 2 atom stereocenters. The SMILES string of the molecule is Cc1cc(CN2CCN(C(=O)[C@@H]3C[C@H]3c3ccccc3)CC2)no1. The Bertz CT molecular complexity index is 704. The first-order valence-corrected chi connectivity index (χ1v) is 8.69. The van der Waals surface area contributed by atoms with Crippen LogP contribution in [0.2, 0.25) is 0 Å². The minimum Gasteiger partial charge on any atom is -0.361 e. The van der Waals surface area contributed by atoms with Gasteiger partial charge in [-0.15, -0.1) is 0 Å². The Balaban J connectivity index is 1.28. The van der Waals surface area contributed by atoms with Crippen LogP contribution < -0.4 is 0 Å². The number of carbonyl (C=O) groups is 1. The smallest absolute Gasteiger partial charge is 0.226 e. The molecule has 1 aromatic carbocycles.